The van der Waals surface area contributed by atoms with Gasteiger partial charge in [0.05, 0.1) is 4.92 Å². The number of nitrogens with one attached hydrogen (secondary N) is 1. The quantitative estimate of drug-likeness (QED) is 0.518. The van der Waals surface area contributed by atoms with E-state index < -0.39 is 4.92 Å². The number of benzene rings is 2. The summed E-state index contributed by atoms with van der Waals surface area (Å²) >= 11 is 0. The number of non-ortho nitro benzene ring substituents is 1. The lowest BCUT2D eigenvalue weighted by Gasteiger charge is -2.07. The number of hydrogen-bond acceptors (Lipinski definition) is 3. The zero-order chi connectivity index (χ0) is 15.9. The van der Waals surface area contributed by atoms with E-state index in [1.54, 1.807) is 18.2 Å². The van der Waals surface area contributed by atoms with E-state index >= 15 is 0 Å². The first kappa shape index (κ1) is 15.4. The molecule has 22 heavy (non-hydrogen) atoms. The van der Waals surface area contributed by atoms with Crippen LogP contribution in [0, 0.1) is 10.1 Å². The average molecular weight is 296 g/mol. The average Bonchev–Trinajstić information content (AvgIpc) is 2.54. The first-order chi connectivity index (χ1) is 10.6. The van der Waals surface area contributed by atoms with Crippen LogP contribution in [0.3, 0.4) is 0 Å². The van der Waals surface area contributed by atoms with Crippen LogP contribution in [0.4, 0.5) is 11.4 Å². The maximum absolute atomic E-state index is 11.9. The van der Waals surface area contributed by atoms with Gasteiger partial charge in [-0.3, -0.25) is 14.9 Å². The Morgan fingerprint density at radius 1 is 1.18 bits per heavy atom. The molecule has 2 aromatic carbocycles. The first-order valence-corrected chi connectivity index (χ1v) is 6.91. The number of amides is 1. The summed E-state index contributed by atoms with van der Waals surface area (Å²) in [6, 6.07) is 13.6. The Morgan fingerprint density at radius 3 is 2.50 bits per heavy atom. The van der Waals surface area contributed by atoms with Crippen LogP contribution in [0.1, 0.15) is 18.1 Å². The van der Waals surface area contributed by atoms with E-state index in [1.165, 1.54) is 18.2 Å². The molecule has 112 valence electrons. The van der Waals surface area contributed by atoms with Gasteiger partial charge in [-0.15, -0.1) is 0 Å². The third-order valence-corrected chi connectivity index (χ3v) is 3.19. The zero-order valence-electron chi connectivity index (χ0n) is 12.2. The number of nitrogens with zero attached hydrogens (tertiary/aromatic N) is 1. The van der Waals surface area contributed by atoms with Crippen molar-refractivity contribution in [3.05, 3.63) is 75.8 Å². The standard InChI is InChI=1S/C17H16N2O3/c1-2-14-5-3-4-6-16(14)18-17(20)12-9-13-7-10-15(11-8-13)19(21)22/h3-12H,2H2,1H3,(H,18,20)/b12-9+. The molecule has 0 fully saturated rings. The second-order valence-electron chi connectivity index (χ2n) is 4.68. The fourth-order valence-electron chi connectivity index (χ4n) is 2.00. The number of hydrogen-bond donors (Lipinski definition) is 1. The number of anilines is 1. The summed E-state index contributed by atoms with van der Waals surface area (Å²) in [5.41, 5.74) is 2.62. The Morgan fingerprint density at radius 2 is 1.86 bits per heavy atom. The largest absolute Gasteiger partial charge is 0.322 e. The normalized spacial score (nSPS) is 10.6. The SMILES string of the molecule is CCc1ccccc1NC(=O)/C=C/c1ccc([N+](=O)[O-])cc1. The molecular weight excluding hydrogens is 280 g/mol. The number of aryl methyl sites for hydroxylation is 1. The molecule has 0 aromatic heterocycles. The van der Waals surface area contributed by atoms with Gasteiger partial charge < -0.3 is 5.32 Å². The smallest absolute Gasteiger partial charge is 0.269 e. The van der Waals surface area contributed by atoms with E-state index in [4.69, 9.17) is 0 Å². The summed E-state index contributed by atoms with van der Waals surface area (Å²) in [4.78, 5) is 22.0. The molecule has 5 heteroatoms. The van der Waals surface area contributed by atoms with Crippen molar-refractivity contribution in [1.82, 2.24) is 0 Å². The molecule has 1 amide bonds. The van der Waals surface area contributed by atoms with Gasteiger partial charge in [-0.05, 0) is 41.8 Å². The highest BCUT2D eigenvalue weighted by Gasteiger charge is 2.04. The summed E-state index contributed by atoms with van der Waals surface area (Å²) in [5.74, 6) is -0.237. The van der Waals surface area contributed by atoms with Crippen LogP contribution >= 0.6 is 0 Å². The molecule has 0 unspecified atom stereocenters. The minimum Gasteiger partial charge on any atom is -0.322 e. The van der Waals surface area contributed by atoms with E-state index in [9.17, 15) is 14.9 Å². The summed E-state index contributed by atoms with van der Waals surface area (Å²) < 4.78 is 0. The van der Waals surface area contributed by atoms with Crippen LogP contribution in [-0.4, -0.2) is 10.8 Å². The third kappa shape index (κ3) is 4.02. The summed E-state index contributed by atoms with van der Waals surface area (Å²) in [5, 5.41) is 13.4. The Hall–Kier alpha value is -2.95. The van der Waals surface area contributed by atoms with Crippen molar-refractivity contribution in [2.24, 2.45) is 0 Å². The maximum Gasteiger partial charge on any atom is 0.269 e. The number of carbonyl (C=O) groups is 1. The molecule has 0 saturated heterocycles. The molecule has 0 bridgehead atoms. The second-order valence-corrected chi connectivity index (χ2v) is 4.68. The minimum atomic E-state index is -0.456. The molecule has 0 spiro atoms. The van der Waals surface area contributed by atoms with Gasteiger partial charge in [0.15, 0.2) is 0 Å². The fraction of sp³-hybridized carbons (Fsp3) is 0.118. The fourth-order valence-corrected chi connectivity index (χ4v) is 2.00. The van der Waals surface area contributed by atoms with Crippen molar-refractivity contribution < 1.29 is 9.72 Å². The number of nitro groups is 1. The van der Waals surface area contributed by atoms with Crippen molar-refractivity contribution in [1.29, 1.82) is 0 Å². The van der Waals surface area contributed by atoms with E-state index in [2.05, 4.69) is 5.32 Å². The lowest BCUT2D eigenvalue weighted by atomic mass is 10.1. The van der Waals surface area contributed by atoms with Gasteiger partial charge in [0.1, 0.15) is 0 Å². The first-order valence-electron chi connectivity index (χ1n) is 6.91. The Labute approximate surface area is 128 Å². The number of rotatable bonds is 5. The van der Waals surface area contributed by atoms with Crippen molar-refractivity contribution in [3.8, 4) is 0 Å². The van der Waals surface area contributed by atoms with Crippen LogP contribution in [0.5, 0.6) is 0 Å². The van der Waals surface area contributed by atoms with Gasteiger partial charge in [0.25, 0.3) is 5.69 Å². The molecule has 2 aromatic rings. The Balaban J connectivity index is 2.03. The molecule has 1 N–H and O–H groups in total. The summed E-state index contributed by atoms with van der Waals surface area (Å²) in [7, 11) is 0. The van der Waals surface area contributed by atoms with Crippen LogP contribution in [0.25, 0.3) is 6.08 Å². The van der Waals surface area contributed by atoms with E-state index in [0.29, 0.717) is 0 Å². The maximum atomic E-state index is 11.9. The van der Waals surface area contributed by atoms with Crippen LogP contribution < -0.4 is 5.32 Å². The Kier molecular flexibility index (Phi) is 5.03. The molecule has 0 heterocycles. The number of nitro benzene ring substituents is 1. The van der Waals surface area contributed by atoms with Gasteiger partial charge in [0, 0.05) is 23.9 Å². The third-order valence-electron chi connectivity index (χ3n) is 3.19. The van der Waals surface area contributed by atoms with Gasteiger partial charge in [-0.25, -0.2) is 0 Å². The lowest BCUT2D eigenvalue weighted by Crippen LogP contribution is -2.09. The monoisotopic (exact) mass is 296 g/mol. The summed E-state index contributed by atoms with van der Waals surface area (Å²) in [6.45, 7) is 2.03. The van der Waals surface area contributed by atoms with E-state index in [0.717, 1.165) is 23.2 Å². The molecule has 0 radical (unpaired) electrons. The van der Waals surface area contributed by atoms with E-state index in [-0.39, 0.29) is 11.6 Å². The predicted octanol–water partition coefficient (Wildman–Crippen LogP) is 3.81. The predicted molar refractivity (Wildman–Crippen MR) is 86.6 cm³/mol. The van der Waals surface area contributed by atoms with Gasteiger partial charge in [0.2, 0.25) is 5.91 Å². The van der Waals surface area contributed by atoms with Gasteiger partial charge >= 0.3 is 0 Å². The molecule has 0 saturated carbocycles. The van der Waals surface area contributed by atoms with Crippen LogP contribution in [0.2, 0.25) is 0 Å². The van der Waals surface area contributed by atoms with Crippen molar-refractivity contribution in [3.63, 3.8) is 0 Å². The van der Waals surface area contributed by atoms with Crippen molar-refractivity contribution in [2.45, 2.75) is 13.3 Å². The van der Waals surface area contributed by atoms with Crippen molar-refractivity contribution >= 4 is 23.4 Å². The highest BCUT2D eigenvalue weighted by molar-refractivity contribution is 6.02. The highest BCUT2D eigenvalue weighted by Crippen LogP contribution is 2.16. The Bertz CT molecular complexity index is 706. The van der Waals surface area contributed by atoms with Crippen molar-refractivity contribution in [2.75, 3.05) is 5.32 Å². The lowest BCUT2D eigenvalue weighted by molar-refractivity contribution is -0.384. The zero-order valence-corrected chi connectivity index (χ0v) is 12.2. The molecule has 2 rings (SSSR count). The molecule has 0 aliphatic heterocycles. The topological polar surface area (TPSA) is 72.2 Å². The summed E-state index contributed by atoms with van der Waals surface area (Å²) in [6.07, 6.45) is 3.86. The molecule has 0 aliphatic rings. The molecule has 0 aliphatic carbocycles. The van der Waals surface area contributed by atoms with Crippen LogP contribution in [-0.2, 0) is 11.2 Å². The van der Waals surface area contributed by atoms with Gasteiger partial charge in [-0.2, -0.15) is 0 Å². The molecule has 0 atom stereocenters. The van der Waals surface area contributed by atoms with Gasteiger partial charge in [-0.1, -0.05) is 25.1 Å². The number of para-hydroxylation sites is 1. The second kappa shape index (κ2) is 7.17. The highest BCUT2D eigenvalue weighted by atomic mass is 16.6. The molecular formula is C17H16N2O3. The van der Waals surface area contributed by atoms with E-state index in [1.807, 2.05) is 31.2 Å². The van der Waals surface area contributed by atoms with Crippen LogP contribution in [0.15, 0.2) is 54.6 Å². The number of carbonyl (C=O) groups excluding carboxylic acids is 1. The minimum absolute atomic E-state index is 0.0264. The molecule has 5 nitrogen and oxygen atoms in total.